The van der Waals surface area contributed by atoms with Gasteiger partial charge in [-0.25, -0.2) is 0 Å². The first-order valence-corrected chi connectivity index (χ1v) is 4.99. The summed E-state index contributed by atoms with van der Waals surface area (Å²) in [7, 11) is 0. The summed E-state index contributed by atoms with van der Waals surface area (Å²) in [5.41, 5.74) is 0.960. The van der Waals surface area contributed by atoms with E-state index >= 15 is 0 Å². The predicted octanol–water partition coefficient (Wildman–Crippen LogP) is 0.805. The Morgan fingerprint density at radius 1 is 1.23 bits per heavy atom. The van der Waals surface area contributed by atoms with Crippen molar-refractivity contribution < 1.29 is 0 Å². The molecule has 0 aliphatic carbocycles. The molecule has 0 atom stereocenters. The Morgan fingerprint density at radius 2 is 2.00 bits per heavy atom. The van der Waals surface area contributed by atoms with Crippen LogP contribution in [0.25, 0.3) is 10.9 Å². The second-order valence-corrected chi connectivity index (χ2v) is 4.07. The minimum atomic E-state index is 0. The molecule has 5 heteroatoms. The van der Waals surface area contributed by atoms with Gasteiger partial charge in [0.25, 0.3) is 0 Å². The Labute approximate surface area is 115 Å². The van der Waals surface area contributed by atoms with Gasteiger partial charge in [-0.15, -0.1) is 0 Å². The Kier molecular flexibility index (Phi) is 4.36. The summed E-state index contributed by atoms with van der Waals surface area (Å²) in [5.74, 6) is 0. The van der Waals surface area contributed by atoms with Gasteiger partial charge in [0.05, 0.1) is 0 Å². The van der Waals surface area contributed by atoms with Crippen molar-refractivity contribution in [3.63, 3.8) is 0 Å². The van der Waals surface area contributed by atoms with Crippen molar-refractivity contribution in [2.45, 2.75) is 0 Å². The molecule has 0 unspecified atom stereocenters. The molecule has 2 radical (unpaired) electrons. The summed E-state index contributed by atoms with van der Waals surface area (Å²) in [5, 5.41) is 1.05. The molecule has 2 aromatic rings. The van der Waals surface area contributed by atoms with E-state index in [1.165, 1.54) is 0 Å². The zero-order valence-corrected chi connectivity index (χ0v) is 12.3. The first-order chi connectivity index (χ1) is 5.77. The van der Waals surface area contributed by atoms with E-state index in [2.05, 4.69) is 41.9 Å². The molecular weight excluding hydrogens is 306 g/mol. The van der Waals surface area contributed by atoms with E-state index in [1.807, 2.05) is 18.2 Å². The van der Waals surface area contributed by atoms with Gasteiger partial charge in [0.1, 0.15) is 0 Å². The van der Waals surface area contributed by atoms with Gasteiger partial charge in [-0.05, 0) is 0 Å². The maximum atomic E-state index is 4.13. The Morgan fingerprint density at radius 3 is 2.77 bits per heavy atom. The molecule has 0 saturated heterocycles. The van der Waals surface area contributed by atoms with Crippen LogP contribution in [0.5, 0.6) is 0 Å². The van der Waals surface area contributed by atoms with Gasteiger partial charge in [-0.3, -0.25) is 0 Å². The van der Waals surface area contributed by atoms with Gasteiger partial charge in [0.2, 0.25) is 0 Å². The molecule has 0 bridgehead atoms. The molecule has 13 heavy (non-hydrogen) atoms. The SMILES string of the molecule is [Na].[Se]c1ncnc2ccc(Br)cc12. The summed E-state index contributed by atoms with van der Waals surface area (Å²) < 4.78 is 1.93. The third-order valence-corrected chi connectivity index (χ3v) is 2.74. The molecule has 0 amide bonds. The van der Waals surface area contributed by atoms with Crippen molar-refractivity contribution in [2.75, 3.05) is 0 Å². The maximum absolute atomic E-state index is 4.13. The molecule has 0 aliphatic rings. The zero-order valence-electron chi connectivity index (χ0n) is 6.99. The Hall–Kier alpha value is 0.559. The summed E-state index contributed by atoms with van der Waals surface area (Å²) >= 11 is 6.30. The molecule has 1 heterocycles. The third kappa shape index (κ3) is 2.52. The van der Waals surface area contributed by atoms with E-state index < -0.39 is 0 Å². The third-order valence-electron chi connectivity index (χ3n) is 1.56. The predicted molar refractivity (Wildman–Crippen MR) is 58.4 cm³/mol. The van der Waals surface area contributed by atoms with Gasteiger partial charge in [-0.2, -0.15) is 0 Å². The van der Waals surface area contributed by atoms with Crippen LogP contribution in [0, 0.1) is 0 Å². The Bertz CT molecular complexity index is 435. The number of hydrogen-bond donors (Lipinski definition) is 0. The molecule has 0 N–H and O–H groups in total. The van der Waals surface area contributed by atoms with Crippen molar-refractivity contribution >= 4 is 77.0 Å². The average molecular weight is 310 g/mol. The van der Waals surface area contributed by atoms with Crippen molar-refractivity contribution in [3.8, 4) is 0 Å². The van der Waals surface area contributed by atoms with Crippen LogP contribution in [0.15, 0.2) is 29.0 Å². The Balaban J connectivity index is 0.000000845. The average Bonchev–Trinajstić information content (AvgIpc) is 2.07. The van der Waals surface area contributed by atoms with E-state index in [0.717, 1.165) is 20.0 Å². The summed E-state index contributed by atoms with van der Waals surface area (Å²) in [6.45, 7) is 0. The second-order valence-electron chi connectivity index (χ2n) is 2.34. The van der Waals surface area contributed by atoms with Crippen molar-refractivity contribution in [3.05, 3.63) is 29.0 Å². The molecule has 0 spiro atoms. The van der Waals surface area contributed by atoms with E-state index in [0.29, 0.717) is 0 Å². The number of fused-ring (bicyclic) bond motifs is 1. The molecule has 1 aromatic heterocycles. The van der Waals surface area contributed by atoms with E-state index in [-0.39, 0.29) is 29.6 Å². The standard InChI is InChI=1S/C8H4BrN2Se.Na/c9-5-1-2-7-6(3-5)8(12)11-4-10-7;/h1-4H;. The number of halogens is 1. The van der Waals surface area contributed by atoms with Gasteiger partial charge in [0.15, 0.2) is 0 Å². The summed E-state index contributed by atoms with van der Waals surface area (Å²) in [4.78, 5) is 8.19. The van der Waals surface area contributed by atoms with Crippen LogP contribution in [0.3, 0.4) is 0 Å². The molecule has 1 aromatic carbocycles. The minimum absolute atomic E-state index is 0. The van der Waals surface area contributed by atoms with Gasteiger partial charge < -0.3 is 0 Å². The summed E-state index contributed by atoms with van der Waals surface area (Å²) in [6.07, 6.45) is 1.56. The molecule has 0 fully saturated rings. The topological polar surface area (TPSA) is 25.8 Å². The van der Waals surface area contributed by atoms with Crippen LogP contribution in [0.4, 0.5) is 0 Å². The van der Waals surface area contributed by atoms with Gasteiger partial charge in [-0.1, -0.05) is 0 Å². The molecule has 0 saturated carbocycles. The van der Waals surface area contributed by atoms with Crippen LogP contribution in [-0.4, -0.2) is 55.5 Å². The second kappa shape index (κ2) is 4.87. The van der Waals surface area contributed by atoms with Gasteiger partial charge >= 0.3 is 86.4 Å². The fourth-order valence-electron chi connectivity index (χ4n) is 1.01. The quantitative estimate of drug-likeness (QED) is 0.673. The van der Waals surface area contributed by atoms with E-state index in [1.54, 1.807) is 6.33 Å². The fourth-order valence-corrected chi connectivity index (χ4v) is 1.81. The number of benzene rings is 1. The summed E-state index contributed by atoms with van der Waals surface area (Å²) in [6, 6.07) is 5.93. The first kappa shape index (κ1) is 11.6. The van der Waals surface area contributed by atoms with Crippen LogP contribution in [-0.2, 0) is 0 Å². The van der Waals surface area contributed by atoms with Crippen molar-refractivity contribution in [2.24, 2.45) is 0 Å². The number of aromatic nitrogens is 2. The normalized spacial score (nSPS) is 9.62. The van der Waals surface area contributed by atoms with Crippen LogP contribution < -0.4 is 4.59 Å². The van der Waals surface area contributed by atoms with E-state index in [4.69, 9.17) is 0 Å². The van der Waals surface area contributed by atoms with Gasteiger partial charge in [0, 0.05) is 29.6 Å². The first-order valence-electron chi connectivity index (χ1n) is 3.34. The zero-order chi connectivity index (χ0) is 8.55. The molecule has 60 valence electrons. The number of nitrogens with zero attached hydrogens (tertiary/aromatic N) is 2. The fraction of sp³-hybridized carbons (Fsp3) is 0. The van der Waals surface area contributed by atoms with Crippen LogP contribution >= 0.6 is 15.9 Å². The molecular formula is C8H4BrN2NaSe. The van der Waals surface area contributed by atoms with Crippen LogP contribution in [0.2, 0.25) is 0 Å². The molecule has 2 nitrogen and oxygen atoms in total. The van der Waals surface area contributed by atoms with Crippen molar-refractivity contribution in [1.29, 1.82) is 0 Å². The number of hydrogen-bond acceptors (Lipinski definition) is 2. The molecule has 0 aliphatic heterocycles. The van der Waals surface area contributed by atoms with E-state index in [9.17, 15) is 0 Å². The number of rotatable bonds is 0. The molecule has 2 rings (SSSR count). The van der Waals surface area contributed by atoms with Crippen molar-refractivity contribution in [1.82, 2.24) is 9.97 Å². The van der Waals surface area contributed by atoms with Crippen LogP contribution in [0.1, 0.15) is 0 Å². The monoisotopic (exact) mass is 310 g/mol.